The van der Waals surface area contributed by atoms with E-state index in [0.29, 0.717) is 31.1 Å². The fourth-order valence-corrected chi connectivity index (χ4v) is 3.45. The lowest BCUT2D eigenvalue weighted by atomic mass is 9.74. The minimum Gasteiger partial charge on any atom is -0.454 e. The lowest BCUT2D eigenvalue weighted by Crippen LogP contribution is -2.40. The third-order valence-corrected chi connectivity index (χ3v) is 4.96. The lowest BCUT2D eigenvalue weighted by molar-refractivity contribution is 0.0543. The summed E-state index contributed by atoms with van der Waals surface area (Å²) < 4.78 is 16.6. The minimum absolute atomic E-state index is 0.0938. The third kappa shape index (κ3) is 2.99. The number of nitriles is 1. The number of hydrogen-bond donors (Lipinski definition) is 1. The van der Waals surface area contributed by atoms with E-state index in [2.05, 4.69) is 28.5 Å². The van der Waals surface area contributed by atoms with Gasteiger partial charge >= 0.3 is 0 Å². The van der Waals surface area contributed by atoms with Crippen molar-refractivity contribution in [2.45, 2.75) is 18.3 Å². The minimum atomic E-state index is -0.0938. The van der Waals surface area contributed by atoms with Crippen molar-refractivity contribution in [3.05, 3.63) is 47.7 Å². The molecular weight excluding hydrogens is 318 g/mol. The second-order valence-corrected chi connectivity index (χ2v) is 6.33. The summed E-state index contributed by atoms with van der Waals surface area (Å²) in [7, 11) is 0. The fourth-order valence-electron chi connectivity index (χ4n) is 3.45. The molecule has 2 aliphatic rings. The van der Waals surface area contributed by atoms with Crippen molar-refractivity contribution < 1.29 is 14.2 Å². The number of anilines is 1. The number of aromatic nitrogens is 1. The highest BCUT2D eigenvalue weighted by atomic mass is 16.7. The number of nitrogens with zero attached hydrogens (tertiary/aromatic N) is 2. The molecule has 1 fully saturated rings. The standard InChI is InChI=1S/C19H19N3O3/c20-11-14-2-1-7-21-18(14)22-12-19(5-8-23-9-6-19)15-3-4-16-17(10-15)25-13-24-16/h1-4,7,10H,5-6,8-9,12-13H2,(H,21,22). The van der Waals surface area contributed by atoms with Crippen LogP contribution in [0.5, 0.6) is 11.5 Å². The first-order chi connectivity index (χ1) is 12.3. The van der Waals surface area contributed by atoms with E-state index in [-0.39, 0.29) is 12.2 Å². The summed E-state index contributed by atoms with van der Waals surface area (Å²) >= 11 is 0. The van der Waals surface area contributed by atoms with Gasteiger partial charge in [-0.15, -0.1) is 0 Å². The molecule has 1 aromatic heterocycles. The second kappa shape index (κ2) is 6.61. The van der Waals surface area contributed by atoms with E-state index in [1.54, 1.807) is 18.3 Å². The van der Waals surface area contributed by atoms with Gasteiger partial charge in [-0.25, -0.2) is 4.98 Å². The zero-order chi connectivity index (χ0) is 17.1. The first-order valence-electron chi connectivity index (χ1n) is 8.38. The maximum absolute atomic E-state index is 9.26. The third-order valence-electron chi connectivity index (χ3n) is 4.96. The van der Waals surface area contributed by atoms with E-state index >= 15 is 0 Å². The zero-order valence-corrected chi connectivity index (χ0v) is 13.8. The smallest absolute Gasteiger partial charge is 0.231 e. The highest BCUT2D eigenvalue weighted by molar-refractivity contribution is 5.52. The molecule has 4 rings (SSSR count). The maximum Gasteiger partial charge on any atom is 0.231 e. The number of fused-ring (bicyclic) bond motifs is 1. The van der Waals surface area contributed by atoms with Crippen LogP contribution in [-0.2, 0) is 10.2 Å². The van der Waals surface area contributed by atoms with Gasteiger partial charge in [-0.3, -0.25) is 0 Å². The van der Waals surface area contributed by atoms with Gasteiger partial charge in [0.15, 0.2) is 11.5 Å². The Labute approximate surface area is 146 Å². The summed E-state index contributed by atoms with van der Waals surface area (Å²) in [5.74, 6) is 2.20. The molecule has 0 radical (unpaired) electrons. The van der Waals surface area contributed by atoms with Crippen molar-refractivity contribution in [3.63, 3.8) is 0 Å². The van der Waals surface area contributed by atoms with Gasteiger partial charge < -0.3 is 19.5 Å². The Morgan fingerprint density at radius 3 is 2.84 bits per heavy atom. The molecule has 0 unspecified atom stereocenters. The van der Waals surface area contributed by atoms with Gasteiger partial charge in [-0.1, -0.05) is 6.07 Å². The van der Waals surface area contributed by atoms with Crippen LogP contribution in [0.1, 0.15) is 24.0 Å². The molecular formula is C19H19N3O3. The molecule has 0 aliphatic carbocycles. The van der Waals surface area contributed by atoms with Crippen molar-refractivity contribution in [2.75, 3.05) is 31.9 Å². The molecule has 2 aliphatic heterocycles. The monoisotopic (exact) mass is 337 g/mol. The molecule has 1 saturated heterocycles. The van der Waals surface area contributed by atoms with Crippen LogP contribution in [0.25, 0.3) is 0 Å². The molecule has 1 aromatic carbocycles. The summed E-state index contributed by atoms with van der Waals surface area (Å²) in [6.07, 6.45) is 3.49. The highest BCUT2D eigenvalue weighted by Crippen LogP contribution is 2.41. The van der Waals surface area contributed by atoms with Gasteiger partial charge in [0, 0.05) is 31.4 Å². The van der Waals surface area contributed by atoms with E-state index < -0.39 is 0 Å². The molecule has 1 N–H and O–H groups in total. The van der Waals surface area contributed by atoms with Gasteiger partial charge in [0.2, 0.25) is 6.79 Å². The molecule has 0 atom stereocenters. The Kier molecular flexibility index (Phi) is 4.16. The summed E-state index contributed by atoms with van der Waals surface area (Å²) in [4.78, 5) is 4.31. The topological polar surface area (TPSA) is 76.4 Å². The van der Waals surface area contributed by atoms with Crippen LogP contribution in [-0.4, -0.2) is 31.5 Å². The number of rotatable bonds is 4. The maximum atomic E-state index is 9.26. The molecule has 0 bridgehead atoms. The van der Waals surface area contributed by atoms with Crippen LogP contribution in [0.15, 0.2) is 36.5 Å². The first kappa shape index (κ1) is 15.7. The first-order valence-corrected chi connectivity index (χ1v) is 8.38. The Hall–Kier alpha value is -2.78. The molecule has 3 heterocycles. The summed E-state index contributed by atoms with van der Waals surface area (Å²) in [6.45, 7) is 2.38. The number of pyridine rings is 1. The Bertz CT molecular complexity index is 810. The van der Waals surface area contributed by atoms with E-state index in [9.17, 15) is 5.26 Å². The average molecular weight is 337 g/mol. The van der Waals surface area contributed by atoms with Gasteiger partial charge in [0.1, 0.15) is 11.9 Å². The number of ether oxygens (including phenoxy) is 3. The predicted octanol–water partition coefficient (Wildman–Crippen LogP) is 2.84. The van der Waals surface area contributed by atoms with Crippen molar-refractivity contribution in [3.8, 4) is 17.6 Å². The van der Waals surface area contributed by atoms with Crippen LogP contribution in [0.4, 0.5) is 5.82 Å². The Morgan fingerprint density at radius 2 is 2.00 bits per heavy atom. The summed E-state index contributed by atoms with van der Waals surface area (Å²) in [5.41, 5.74) is 1.65. The van der Waals surface area contributed by atoms with E-state index in [1.165, 1.54) is 5.56 Å². The van der Waals surface area contributed by atoms with E-state index in [0.717, 1.165) is 24.3 Å². The average Bonchev–Trinajstić information content (AvgIpc) is 3.15. The fraction of sp³-hybridized carbons (Fsp3) is 0.368. The lowest BCUT2D eigenvalue weighted by Gasteiger charge is -2.38. The van der Waals surface area contributed by atoms with E-state index in [4.69, 9.17) is 14.2 Å². The number of benzene rings is 1. The molecule has 0 amide bonds. The zero-order valence-electron chi connectivity index (χ0n) is 13.8. The predicted molar refractivity (Wildman–Crippen MR) is 91.7 cm³/mol. The highest BCUT2D eigenvalue weighted by Gasteiger charge is 2.35. The molecule has 128 valence electrons. The number of nitrogens with one attached hydrogen (secondary N) is 1. The van der Waals surface area contributed by atoms with Crippen LogP contribution in [0, 0.1) is 11.3 Å². The van der Waals surface area contributed by atoms with Gasteiger partial charge in [-0.2, -0.15) is 5.26 Å². The van der Waals surface area contributed by atoms with Gasteiger partial charge in [-0.05, 0) is 42.7 Å². The van der Waals surface area contributed by atoms with Crippen molar-refractivity contribution in [1.82, 2.24) is 4.98 Å². The Balaban J connectivity index is 1.62. The second-order valence-electron chi connectivity index (χ2n) is 6.33. The largest absolute Gasteiger partial charge is 0.454 e. The molecule has 25 heavy (non-hydrogen) atoms. The molecule has 6 nitrogen and oxygen atoms in total. The van der Waals surface area contributed by atoms with Crippen LogP contribution >= 0.6 is 0 Å². The van der Waals surface area contributed by atoms with Gasteiger partial charge in [0.25, 0.3) is 0 Å². The van der Waals surface area contributed by atoms with Crippen LogP contribution < -0.4 is 14.8 Å². The van der Waals surface area contributed by atoms with Crippen LogP contribution in [0.3, 0.4) is 0 Å². The molecule has 2 aromatic rings. The normalized spacial score (nSPS) is 17.7. The molecule has 6 heteroatoms. The van der Waals surface area contributed by atoms with Gasteiger partial charge in [0.05, 0.1) is 5.56 Å². The Morgan fingerprint density at radius 1 is 1.16 bits per heavy atom. The van der Waals surface area contributed by atoms with Crippen molar-refractivity contribution >= 4 is 5.82 Å². The molecule has 0 saturated carbocycles. The SMILES string of the molecule is N#Cc1cccnc1NCC1(c2ccc3c(c2)OCO3)CCOCC1. The quantitative estimate of drug-likeness (QED) is 0.924. The van der Waals surface area contributed by atoms with E-state index in [1.807, 2.05) is 6.07 Å². The summed E-state index contributed by atoms with van der Waals surface area (Å²) in [6, 6.07) is 11.9. The number of hydrogen-bond acceptors (Lipinski definition) is 6. The summed E-state index contributed by atoms with van der Waals surface area (Å²) in [5, 5.41) is 12.6. The van der Waals surface area contributed by atoms with Crippen molar-refractivity contribution in [2.24, 2.45) is 0 Å². The van der Waals surface area contributed by atoms with Crippen molar-refractivity contribution in [1.29, 1.82) is 5.26 Å². The van der Waals surface area contributed by atoms with Crippen LogP contribution in [0.2, 0.25) is 0 Å². The molecule has 0 spiro atoms.